The third-order valence-electron chi connectivity index (χ3n) is 2.27. The van der Waals surface area contributed by atoms with E-state index in [0.717, 1.165) is 18.2 Å². The maximum atomic E-state index is 13.4. The SMILES string of the molecule is Cn1cc(CNc2cc([N+](=O)[O-])ccc2F)nn1. The third-order valence-corrected chi connectivity index (χ3v) is 2.27. The first-order valence-corrected chi connectivity index (χ1v) is 5.09. The molecule has 0 spiro atoms. The second-order valence-electron chi connectivity index (χ2n) is 3.66. The van der Waals surface area contributed by atoms with E-state index in [0.29, 0.717) is 5.69 Å². The molecule has 0 aliphatic carbocycles. The molecule has 2 aromatic rings. The number of aryl methyl sites for hydroxylation is 1. The van der Waals surface area contributed by atoms with Crippen LogP contribution in [0.1, 0.15) is 5.69 Å². The summed E-state index contributed by atoms with van der Waals surface area (Å²) >= 11 is 0. The van der Waals surface area contributed by atoms with Crippen molar-refractivity contribution in [1.82, 2.24) is 15.0 Å². The fourth-order valence-electron chi connectivity index (χ4n) is 1.42. The Morgan fingerprint density at radius 2 is 2.33 bits per heavy atom. The summed E-state index contributed by atoms with van der Waals surface area (Å²) in [7, 11) is 1.71. The topological polar surface area (TPSA) is 85.9 Å². The zero-order chi connectivity index (χ0) is 13.1. The van der Waals surface area contributed by atoms with E-state index >= 15 is 0 Å². The highest BCUT2D eigenvalue weighted by atomic mass is 19.1. The van der Waals surface area contributed by atoms with Crippen LogP contribution in [0.4, 0.5) is 15.8 Å². The predicted octanol–water partition coefficient (Wildman–Crippen LogP) is 1.47. The second-order valence-corrected chi connectivity index (χ2v) is 3.66. The lowest BCUT2D eigenvalue weighted by atomic mass is 10.2. The van der Waals surface area contributed by atoms with Gasteiger partial charge in [-0.25, -0.2) is 4.39 Å². The number of benzene rings is 1. The minimum absolute atomic E-state index is 0.0647. The summed E-state index contributed by atoms with van der Waals surface area (Å²) < 4.78 is 14.9. The molecule has 94 valence electrons. The molecule has 0 saturated heterocycles. The predicted molar refractivity (Wildman–Crippen MR) is 61.4 cm³/mol. The van der Waals surface area contributed by atoms with Crippen molar-refractivity contribution in [1.29, 1.82) is 0 Å². The van der Waals surface area contributed by atoms with E-state index in [1.807, 2.05) is 0 Å². The first-order valence-electron chi connectivity index (χ1n) is 5.09. The number of nitrogens with one attached hydrogen (secondary N) is 1. The number of halogens is 1. The van der Waals surface area contributed by atoms with Crippen molar-refractivity contribution in [3.05, 3.63) is 46.0 Å². The van der Waals surface area contributed by atoms with Gasteiger partial charge in [0.2, 0.25) is 0 Å². The summed E-state index contributed by atoms with van der Waals surface area (Å²) in [5.41, 5.74) is 0.510. The summed E-state index contributed by atoms with van der Waals surface area (Å²) in [4.78, 5) is 10.00. The van der Waals surface area contributed by atoms with Crippen LogP contribution < -0.4 is 5.32 Å². The molecule has 0 amide bonds. The van der Waals surface area contributed by atoms with Crippen LogP contribution in [-0.4, -0.2) is 19.9 Å². The summed E-state index contributed by atoms with van der Waals surface area (Å²) in [6.07, 6.45) is 1.67. The van der Waals surface area contributed by atoms with Gasteiger partial charge in [0, 0.05) is 25.4 Å². The molecule has 0 fully saturated rings. The molecule has 0 aliphatic rings. The number of rotatable bonds is 4. The Morgan fingerprint density at radius 3 is 2.94 bits per heavy atom. The fraction of sp³-hybridized carbons (Fsp3) is 0.200. The molecular weight excluding hydrogens is 241 g/mol. The first-order chi connectivity index (χ1) is 8.56. The van der Waals surface area contributed by atoms with Crippen molar-refractivity contribution in [3.63, 3.8) is 0 Å². The fourth-order valence-corrected chi connectivity index (χ4v) is 1.42. The number of anilines is 1. The van der Waals surface area contributed by atoms with Crippen LogP contribution in [0.2, 0.25) is 0 Å². The van der Waals surface area contributed by atoms with Gasteiger partial charge in [-0.15, -0.1) is 5.10 Å². The van der Waals surface area contributed by atoms with Crippen LogP contribution in [0.5, 0.6) is 0 Å². The lowest BCUT2D eigenvalue weighted by Gasteiger charge is -2.05. The summed E-state index contributed by atoms with van der Waals surface area (Å²) in [5, 5.41) is 20.8. The van der Waals surface area contributed by atoms with Crippen LogP contribution >= 0.6 is 0 Å². The molecule has 0 saturated carbocycles. The van der Waals surface area contributed by atoms with Gasteiger partial charge in [0.05, 0.1) is 17.2 Å². The molecule has 18 heavy (non-hydrogen) atoms. The Labute approximate surface area is 101 Å². The van der Waals surface area contributed by atoms with Gasteiger partial charge in [0.15, 0.2) is 0 Å². The van der Waals surface area contributed by atoms with Gasteiger partial charge in [-0.2, -0.15) is 0 Å². The highest BCUT2D eigenvalue weighted by Crippen LogP contribution is 2.21. The molecule has 0 radical (unpaired) electrons. The molecule has 1 aromatic carbocycles. The Hall–Kier alpha value is -2.51. The lowest BCUT2D eigenvalue weighted by molar-refractivity contribution is -0.384. The van der Waals surface area contributed by atoms with E-state index < -0.39 is 10.7 Å². The van der Waals surface area contributed by atoms with Gasteiger partial charge in [0.1, 0.15) is 11.5 Å². The van der Waals surface area contributed by atoms with Crippen molar-refractivity contribution >= 4 is 11.4 Å². The maximum Gasteiger partial charge on any atom is 0.271 e. The number of hydrogen-bond donors (Lipinski definition) is 1. The highest BCUT2D eigenvalue weighted by molar-refractivity contribution is 5.52. The van der Waals surface area contributed by atoms with E-state index in [9.17, 15) is 14.5 Å². The summed E-state index contributed by atoms with van der Waals surface area (Å²) in [5.74, 6) is -0.551. The summed E-state index contributed by atoms with van der Waals surface area (Å²) in [6, 6.07) is 3.31. The number of nitro groups is 1. The Morgan fingerprint density at radius 1 is 1.56 bits per heavy atom. The quantitative estimate of drug-likeness (QED) is 0.657. The van der Waals surface area contributed by atoms with Crippen LogP contribution in [0.3, 0.4) is 0 Å². The molecule has 1 heterocycles. The van der Waals surface area contributed by atoms with Gasteiger partial charge in [0.25, 0.3) is 5.69 Å². The van der Waals surface area contributed by atoms with Crippen molar-refractivity contribution in [2.45, 2.75) is 6.54 Å². The van der Waals surface area contributed by atoms with Crippen LogP contribution in [0.25, 0.3) is 0 Å². The molecule has 0 bridgehead atoms. The number of nitrogens with zero attached hydrogens (tertiary/aromatic N) is 4. The molecular formula is C10H10FN5O2. The molecule has 7 nitrogen and oxygen atoms in total. The Balaban J connectivity index is 2.13. The average Bonchev–Trinajstić information content (AvgIpc) is 2.74. The van der Waals surface area contributed by atoms with Gasteiger partial charge in [-0.3, -0.25) is 14.8 Å². The zero-order valence-corrected chi connectivity index (χ0v) is 9.50. The monoisotopic (exact) mass is 251 g/mol. The van der Waals surface area contributed by atoms with Gasteiger partial charge < -0.3 is 5.32 Å². The standard InChI is InChI=1S/C10H10FN5O2/c1-15-6-7(13-14-15)5-12-10-4-8(16(17)18)2-3-9(10)11/h2-4,6,12H,5H2,1H3. The number of aromatic nitrogens is 3. The number of non-ortho nitro benzene ring substituents is 1. The molecule has 0 aliphatic heterocycles. The molecule has 2 rings (SSSR count). The Kier molecular flexibility index (Phi) is 3.18. The van der Waals surface area contributed by atoms with E-state index in [4.69, 9.17) is 0 Å². The van der Waals surface area contributed by atoms with E-state index in [1.54, 1.807) is 13.2 Å². The minimum atomic E-state index is -0.576. The van der Waals surface area contributed by atoms with E-state index in [2.05, 4.69) is 15.6 Å². The van der Waals surface area contributed by atoms with Crippen LogP contribution in [0, 0.1) is 15.9 Å². The zero-order valence-electron chi connectivity index (χ0n) is 9.50. The van der Waals surface area contributed by atoms with Crippen LogP contribution in [-0.2, 0) is 13.6 Å². The van der Waals surface area contributed by atoms with Gasteiger partial charge in [-0.05, 0) is 6.07 Å². The number of hydrogen-bond acceptors (Lipinski definition) is 5. The van der Waals surface area contributed by atoms with Gasteiger partial charge in [-0.1, -0.05) is 5.21 Å². The minimum Gasteiger partial charge on any atom is -0.377 e. The summed E-state index contributed by atoms with van der Waals surface area (Å²) in [6.45, 7) is 0.242. The first kappa shape index (κ1) is 12.0. The molecule has 0 unspecified atom stereocenters. The molecule has 1 aromatic heterocycles. The van der Waals surface area contributed by atoms with E-state index in [1.165, 1.54) is 4.68 Å². The lowest BCUT2D eigenvalue weighted by Crippen LogP contribution is -2.02. The molecule has 1 N–H and O–H groups in total. The third kappa shape index (κ3) is 2.59. The largest absolute Gasteiger partial charge is 0.377 e. The second kappa shape index (κ2) is 4.78. The van der Waals surface area contributed by atoms with Crippen molar-refractivity contribution < 1.29 is 9.31 Å². The normalized spacial score (nSPS) is 10.3. The Bertz CT molecular complexity index is 583. The van der Waals surface area contributed by atoms with Crippen molar-refractivity contribution in [3.8, 4) is 0 Å². The average molecular weight is 251 g/mol. The van der Waals surface area contributed by atoms with Gasteiger partial charge >= 0.3 is 0 Å². The van der Waals surface area contributed by atoms with Crippen molar-refractivity contribution in [2.24, 2.45) is 7.05 Å². The van der Waals surface area contributed by atoms with E-state index in [-0.39, 0.29) is 17.9 Å². The number of nitro benzene ring substituents is 1. The smallest absolute Gasteiger partial charge is 0.271 e. The highest BCUT2D eigenvalue weighted by Gasteiger charge is 2.10. The van der Waals surface area contributed by atoms with Crippen LogP contribution in [0.15, 0.2) is 24.4 Å². The van der Waals surface area contributed by atoms with Crippen molar-refractivity contribution in [2.75, 3.05) is 5.32 Å². The maximum absolute atomic E-state index is 13.4. The molecule has 8 heteroatoms. The molecule has 0 atom stereocenters.